The molecule has 0 aliphatic heterocycles. The minimum absolute atomic E-state index is 0.0105. The molecule has 0 bridgehead atoms. The molecule has 8 heteroatoms. The number of carbonyl (C=O) groups excluding carboxylic acids is 1. The summed E-state index contributed by atoms with van der Waals surface area (Å²) in [6.07, 6.45) is 4.04. The number of carbonyl (C=O) groups is 2. The lowest BCUT2D eigenvalue weighted by atomic mass is 9.99. The molecule has 0 aliphatic rings. The fourth-order valence-corrected chi connectivity index (χ4v) is 4.51. The van der Waals surface area contributed by atoms with E-state index in [2.05, 4.69) is 5.32 Å². The van der Waals surface area contributed by atoms with Gasteiger partial charge in [0.1, 0.15) is 17.2 Å². The smallest absolute Gasteiger partial charge is 0.339 e. The maximum Gasteiger partial charge on any atom is 0.339 e. The van der Waals surface area contributed by atoms with E-state index in [0.29, 0.717) is 28.9 Å². The van der Waals surface area contributed by atoms with Crippen LogP contribution in [0.25, 0.3) is 33.1 Å². The van der Waals surface area contributed by atoms with E-state index < -0.39 is 23.5 Å². The molecule has 0 radical (unpaired) electrons. The predicted molar refractivity (Wildman–Crippen MR) is 133 cm³/mol. The summed E-state index contributed by atoms with van der Waals surface area (Å²) in [5, 5.41) is 13.5. The Morgan fingerprint density at radius 3 is 2.59 bits per heavy atom. The second-order valence-corrected chi connectivity index (χ2v) is 9.08. The molecule has 2 N–H and O–H groups in total. The van der Waals surface area contributed by atoms with Crippen LogP contribution in [0.5, 0.6) is 0 Å². The van der Waals surface area contributed by atoms with Gasteiger partial charge in [-0.05, 0) is 49.0 Å². The second kappa shape index (κ2) is 10.2. The van der Waals surface area contributed by atoms with Gasteiger partial charge >= 0.3 is 11.6 Å². The SMILES string of the molecule is CSCC[C@H](NC(=O)CCc1c(C)c2cc3c(-c4ccccc4)coc3cc2oc1=O)C(=O)O. The molecule has 34 heavy (non-hydrogen) atoms. The molecule has 2 aromatic heterocycles. The first-order valence-electron chi connectivity index (χ1n) is 10.9. The second-order valence-electron chi connectivity index (χ2n) is 8.09. The number of benzene rings is 2. The van der Waals surface area contributed by atoms with E-state index in [1.807, 2.05) is 49.6 Å². The molecule has 0 aliphatic carbocycles. The standard InChI is InChI=1S/C26H25NO6S/c1-15-17(8-9-24(28)27-21(25(29)30)10-11-34-2)26(31)33-23-13-22-19(12-18(15)23)20(14-32-22)16-6-4-3-5-7-16/h3-7,12-14,21H,8-11H2,1-2H3,(H,27,28)(H,29,30)/t21-/m0/s1. The molecule has 1 amide bonds. The van der Waals surface area contributed by atoms with Crippen LogP contribution in [0.4, 0.5) is 0 Å². The molecule has 1 atom stereocenters. The number of carboxylic acids is 1. The first-order chi connectivity index (χ1) is 16.4. The van der Waals surface area contributed by atoms with Crippen molar-refractivity contribution in [2.45, 2.75) is 32.2 Å². The van der Waals surface area contributed by atoms with Crippen LogP contribution in [-0.4, -0.2) is 35.0 Å². The summed E-state index contributed by atoms with van der Waals surface area (Å²) in [7, 11) is 0. The summed E-state index contributed by atoms with van der Waals surface area (Å²) in [6, 6.07) is 12.6. The number of thioether (sulfide) groups is 1. The average molecular weight is 480 g/mol. The summed E-state index contributed by atoms with van der Waals surface area (Å²) in [4.78, 5) is 36.5. The van der Waals surface area contributed by atoms with Gasteiger partial charge < -0.3 is 19.3 Å². The molecule has 0 saturated carbocycles. The van der Waals surface area contributed by atoms with Crippen LogP contribution < -0.4 is 10.9 Å². The molecule has 4 rings (SSSR count). The fourth-order valence-electron chi connectivity index (χ4n) is 4.04. The van der Waals surface area contributed by atoms with Gasteiger partial charge in [-0.25, -0.2) is 9.59 Å². The van der Waals surface area contributed by atoms with E-state index in [-0.39, 0.29) is 12.8 Å². The number of rotatable bonds is 9. The molecule has 0 unspecified atom stereocenters. The van der Waals surface area contributed by atoms with Crippen molar-refractivity contribution in [3.8, 4) is 11.1 Å². The Kier molecular flexibility index (Phi) is 7.07. The third kappa shape index (κ3) is 4.87. The van der Waals surface area contributed by atoms with Crippen LogP contribution in [-0.2, 0) is 16.0 Å². The lowest BCUT2D eigenvalue weighted by Gasteiger charge is -2.14. The normalized spacial score (nSPS) is 12.2. The maximum atomic E-state index is 12.7. The highest BCUT2D eigenvalue weighted by Crippen LogP contribution is 2.34. The predicted octanol–water partition coefficient (Wildman–Crippen LogP) is 4.77. The van der Waals surface area contributed by atoms with Crippen molar-refractivity contribution in [2.24, 2.45) is 0 Å². The summed E-state index contributed by atoms with van der Waals surface area (Å²) in [5.41, 5.74) is 3.62. The zero-order chi connectivity index (χ0) is 24.2. The van der Waals surface area contributed by atoms with Crippen molar-refractivity contribution in [3.63, 3.8) is 0 Å². The Balaban J connectivity index is 1.62. The van der Waals surface area contributed by atoms with Gasteiger partial charge in [0, 0.05) is 34.4 Å². The molecular formula is C26H25NO6S. The number of furan rings is 1. The molecule has 2 aromatic carbocycles. The van der Waals surface area contributed by atoms with Crippen molar-refractivity contribution < 1.29 is 23.5 Å². The van der Waals surface area contributed by atoms with Crippen molar-refractivity contribution in [3.05, 3.63) is 70.3 Å². The van der Waals surface area contributed by atoms with Gasteiger partial charge in [0.15, 0.2) is 0 Å². The van der Waals surface area contributed by atoms with Gasteiger partial charge in [-0.15, -0.1) is 0 Å². The molecule has 0 fully saturated rings. The summed E-state index contributed by atoms with van der Waals surface area (Å²) < 4.78 is 11.3. The van der Waals surface area contributed by atoms with Gasteiger partial charge in [-0.2, -0.15) is 11.8 Å². The number of nitrogens with one attached hydrogen (secondary N) is 1. The number of aryl methyl sites for hydroxylation is 1. The molecule has 176 valence electrons. The highest BCUT2D eigenvalue weighted by molar-refractivity contribution is 7.98. The van der Waals surface area contributed by atoms with Crippen LogP contribution in [0.2, 0.25) is 0 Å². The van der Waals surface area contributed by atoms with Crippen molar-refractivity contribution in [1.82, 2.24) is 5.32 Å². The van der Waals surface area contributed by atoms with E-state index >= 15 is 0 Å². The molecule has 7 nitrogen and oxygen atoms in total. The minimum atomic E-state index is -1.07. The third-order valence-electron chi connectivity index (χ3n) is 5.91. The van der Waals surface area contributed by atoms with Crippen LogP contribution in [0.3, 0.4) is 0 Å². The number of fused-ring (bicyclic) bond motifs is 2. The molecule has 0 spiro atoms. The van der Waals surface area contributed by atoms with Crippen molar-refractivity contribution in [2.75, 3.05) is 12.0 Å². The van der Waals surface area contributed by atoms with E-state index in [1.165, 1.54) is 11.8 Å². The van der Waals surface area contributed by atoms with Gasteiger partial charge in [0.25, 0.3) is 0 Å². The zero-order valence-corrected chi connectivity index (χ0v) is 19.7. The Labute approximate surface area is 200 Å². The Morgan fingerprint density at radius 2 is 1.88 bits per heavy atom. The topological polar surface area (TPSA) is 110 Å². The highest BCUT2D eigenvalue weighted by atomic mass is 32.2. The van der Waals surface area contributed by atoms with Crippen LogP contribution >= 0.6 is 11.8 Å². The molecule has 2 heterocycles. The number of hydrogen-bond acceptors (Lipinski definition) is 6. The zero-order valence-electron chi connectivity index (χ0n) is 18.9. The highest BCUT2D eigenvalue weighted by Gasteiger charge is 2.21. The Morgan fingerprint density at radius 1 is 1.12 bits per heavy atom. The lowest BCUT2D eigenvalue weighted by molar-refractivity contribution is -0.141. The molecule has 4 aromatic rings. The Hall–Kier alpha value is -3.52. The first-order valence-corrected chi connectivity index (χ1v) is 12.3. The molecule has 0 saturated heterocycles. The summed E-state index contributed by atoms with van der Waals surface area (Å²) in [6.45, 7) is 1.83. The van der Waals surface area contributed by atoms with Crippen LogP contribution in [0.1, 0.15) is 24.0 Å². The van der Waals surface area contributed by atoms with E-state index in [1.54, 1.807) is 12.3 Å². The van der Waals surface area contributed by atoms with Crippen molar-refractivity contribution >= 4 is 45.6 Å². The fraction of sp³-hybridized carbons (Fsp3) is 0.269. The number of aliphatic carboxylic acids is 1. The maximum absolute atomic E-state index is 12.7. The number of amides is 1. The molecular weight excluding hydrogens is 454 g/mol. The number of hydrogen-bond donors (Lipinski definition) is 2. The first kappa shape index (κ1) is 23.6. The van der Waals surface area contributed by atoms with Crippen molar-refractivity contribution in [1.29, 1.82) is 0 Å². The van der Waals surface area contributed by atoms with Gasteiger partial charge in [-0.3, -0.25) is 4.79 Å². The monoisotopic (exact) mass is 479 g/mol. The third-order valence-corrected chi connectivity index (χ3v) is 6.56. The largest absolute Gasteiger partial charge is 0.480 e. The van der Waals surface area contributed by atoms with Crippen LogP contribution in [0, 0.1) is 6.92 Å². The minimum Gasteiger partial charge on any atom is -0.480 e. The Bertz CT molecular complexity index is 1410. The summed E-state index contributed by atoms with van der Waals surface area (Å²) >= 11 is 1.52. The number of carboxylic acid groups (broad SMARTS) is 1. The van der Waals surface area contributed by atoms with E-state index in [0.717, 1.165) is 27.5 Å². The van der Waals surface area contributed by atoms with Gasteiger partial charge in [0.2, 0.25) is 5.91 Å². The van der Waals surface area contributed by atoms with Crippen LogP contribution in [0.15, 0.2) is 62.4 Å². The van der Waals surface area contributed by atoms with Gasteiger partial charge in [-0.1, -0.05) is 30.3 Å². The van der Waals surface area contributed by atoms with E-state index in [4.69, 9.17) is 8.83 Å². The van der Waals surface area contributed by atoms with E-state index in [9.17, 15) is 19.5 Å². The summed E-state index contributed by atoms with van der Waals surface area (Å²) in [5.74, 6) is -0.857. The quantitative estimate of drug-likeness (QED) is 0.333. The average Bonchev–Trinajstić information content (AvgIpc) is 3.23. The van der Waals surface area contributed by atoms with Gasteiger partial charge in [0.05, 0.1) is 6.26 Å². The lowest BCUT2D eigenvalue weighted by Crippen LogP contribution is -2.41.